The number of hydrogen-bond donors (Lipinski definition) is 2. The minimum Gasteiger partial charge on any atom is -0.394 e. The highest BCUT2D eigenvalue weighted by atomic mass is 16.5. The van der Waals surface area contributed by atoms with E-state index in [0.717, 1.165) is 26.1 Å². The van der Waals surface area contributed by atoms with E-state index in [4.69, 9.17) is 4.74 Å². The van der Waals surface area contributed by atoms with Crippen LogP contribution < -0.4 is 5.32 Å². The standard InChI is InChI=1S/C15H30N2O2/c1-12-9-17(10-14(2,3)19-12)8-7-15(4,11-18)16-13-5-6-13/h12-13,16,18H,5-11H2,1-4H3. The molecule has 0 aromatic rings. The van der Waals surface area contributed by atoms with Crippen LogP contribution in [0, 0.1) is 0 Å². The maximum Gasteiger partial charge on any atom is 0.0757 e. The second-order valence-corrected chi connectivity index (χ2v) is 7.31. The van der Waals surface area contributed by atoms with Crippen LogP contribution in [0.4, 0.5) is 0 Å². The summed E-state index contributed by atoms with van der Waals surface area (Å²) in [6, 6.07) is 0.636. The molecule has 1 saturated heterocycles. The maximum atomic E-state index is 9.64. The normalized spacial score (nSPS) is 31.1. The third-order valence-corrected chi connectivity index (χ3v) is 4.10. The summed E-state index contributed by atoms with van der Waals surface area (Å²) in [6.07, 6.45) is 3.80. The molecular formula is C15H30N2O2. The maximum absolute atomic E-state index is 9.64. The quantitative estimate of drug-likeness (QED) is 0.765. The lowest BCUT2D eigenvalue weighted by molar-refractivity contribution is -0.129. The third kappa shape index (κ3) is 4.71. The van der Waals surface area contributed by atoms with E-state index in [1.165, 1.54) is 12.8 Å². The van der Waals surface area contributed by atoms with E-state index in [1.807, 2.05) is 0 Å². The molecule has 0 aromatic carbocycles. The molecule has 0 spiro atoms. The Morgan fingerprint density at radius 3 is 2.63 bits per heavy atom. The average Bonchev–Trinajstić information content (AvgIpc) is 3.08. The van der Waals surface area contributed by atoms with Crippen LogP contribution in [0.3, 0.4) is 0 Å². The van der Waals surface area contributed by atoms with Gasteiger partial charge in [0, 0.05) is 31.2 Å². The topological polar surface area (TPSA) is 44.7 Å². The summed E-state index contributed by atoms with van der Waals surface area (Å²) in [6.45, 7) is 11.8. The molecule has 4 heteroatoms. The molecule has 1 saturated carbocycles. The molecular weight excluding hydrogens is 240 g/mol. The van der Waals surface area contributed by atoms with E-state index in [1.54, 1.807) is 0 Å². The van der Waals surface area contributed by atoms with Crippen LogP contribution in [0.15, 0.2) is 0 Å². The van der Waals surface area contributed by atoms with Gasteiger partial charge in [0.25, 0.3) is 0 Å². The third-order valence-electron chi connectivity index (χ3n) is 4.10. The number of aliphatic hydroxyl groups excluding tert-OH is 1. The van der Waals surface area contributed by atoms with Crippen molar-refractivity contribution in [2.24, 2.45) is 0 Å². The SMILES string of the molecule is CC1CN(CCC(C)(CO)NC2CC2)CC(C)(C)O1. The molecule has 19 heavy (non-hydrogen) atoms. The van der Waals surface area contributed by atoms with Gasteiger partial charge in [-0.05, 0) is 47.0 Å². The second kappa shape index (κ2) is 5.68. The molecule has 2 unspecified atom stereocenters. The highest BCUT2D eigenvalue weighted by Gasteiger charge is 2.35. The average molecular weight is 270 g/mol. The Morgan fingerprint density at radius 2 is 2.11 bits per heavy atom. The molecule has 2 atom stereocenters. The lowest BCUT2D eigenvalue weighted by atomic mass is 9.97. The van der Waals surface area contributed by atoms with Gasteiger partial charge in [0.05, 0.1) is 18.3 Å². The Balaban J connectivity index is 1.82. The van der Waals surface area contributed by atoms with Crippen molar-refractivity contribution in [2.75, 3.05) is 26.2 Å². The van der Waals surface area contributed by atoms with Crippen LogP contribution in [0.2, 0.25) is 0 Å². The molecule has 2 fully saturated rings. The van der Waals surface area contributed by atoms with Gasteiger partial charge in [0.15, 0.2) is 0 Å². The van der Waals surface area contributed by atoms with Crippen molar-refractivity contribution >= 4 is 0 Å². The van der Waals surface area contributed by atoms with Crippen LogP contribution in [-0.4, -0.2) is 59.5 Å². The van der Waals surface area contributed by atoms with E-state index < -0.39 is 0 Å². The van der Waals surface area contributed by atoms with Crippen molar-refractivity contribution in [1.29, 1.82) is 0 Å². The summed E-state index contributed by atoms with van der Waals surface area (Å²) in [7, 11) is 0. The van der Waals surface area contributed by atoms with Gasteiger partial charge in [-0.2, -0.15) is 0 Å². The zero-order chi connectivity index (χ0) is 14.1. The van der Waals surface area contributed by atoms with Crippen LogP contribution in [0.5, 0.6) is 0 Å². The Kier molecular flexibility index (Phi) is 4.56. The van der Waals surface area contributed by atoms with Crippen LogP contribution >= 0.6 is 0 Å². The molecule has 0 bridgehead atoms. The first-order chi connectivity index (χ1) is 8.82. The van der Waals surface area contributed by atoms with Crippen molar-refractivity contribution in [2.45, 2.75) is 70.2 Å². The number of rotatable bonds is 6. The zero-order valence-electron chi connectivity index (χ0n) is 12.9. The smallest absolute Gasteiger partial charge is 0.0757 e. The molecule has 0 amide bonds. The van der Waals surface area contributed by atoms with Crippen LogP contribution in [0.1, 0.15) is 47.0 Å². The monoisotopic (exact) mass is 270 g/mol. The number of nitrogens with one attached hydrogen (secondary N) is 1. The van der Waals surface area contributed by atoms with E-state index in [9.17, 15) is 5.11 Å². The summed E-state index contributed by atoms with van der Waals surface area (Å²) >= 11 is 0. The predicted octanol–water partition coefficient (Wildman–Crippen LogP) is 1.38. The van der Waals surface area contributed by atoms with Crippen LogP contribution in [0.25, 0.3) is 0 Å². The van der Waals surface area contributed by atoms with Crippen molar-refractivity contribution < 1.29 is 9.84 Å². The van der Waals surface area contributed by atoms with Gasteiger partial charge in [-0.25, -0.2) is 0 Å². The molecule has 2 N–H and O–H groups in total. The summed E-state index contributed by atoms with van der Waals surface area (Å²) in [5.74, 6) is 0. The first-order valence-corrected chi connectivity index (χ1v) is 7.61. The second-order valence-electron chi connectivity index (χ2n) is 7.31. The highest BCUT2D eigenvalue weighted by molar-refractivity contribution is 4.93. The van der Waals surface area contributed by atoms with Gasteiger partial charge in [0.2, 0.25) is 0 Å². The summed E-state index contributed by atoms with van der Waals surface area (Å²) in [4.78, 5) is 2.47. The van der Waals surface area contributed by atoms with Crippen molar-refractivity contribution in [3.8, 4) is 0 Å². The molecule has 1 aliphatic heterocycles. The van der Waals surface area contributed by atoms with Gasteiger partial charge in [-0.15, -0.1) is 0 Å². The van der Waals surface area contributed by atoms with Crippen molar-refractivity contribution in [3.05, 3.63) is 0 Å². The Morgan fingerprint density at radius 1 is 1.42 bits per heavy atom. The molecule has 0 radical (unpaired) electrons. The minimum absolute atomic E-state index is 0.0583. The summed E-state index contributed by atoms with van der Waals surface area (Å²) in [5, 5.41) is 13.2. The number of aliphatic hydroxyl groups is 1. The number of nitrogens with zero attached hydrogens (tertiary/aromatic N) is 1. The first kappa shape index (κ1) is 15.2. The fourth-order valence-corrected chi connectivity index (χ4v) is 3.08. The minimum atomic E-state index is -0.132. The lowest BCUT2D eigenvalue weighted by Crippen LogP contribution is -2.54. The van der Waals surface area contributed by atoms with Crippen LogP contribution in [-0.2, 0) is 4.74 Å². The van der Waals surface area contributed by atoms with Gasteiger partial charge in [0.1, 0.15) is 0 Å². The largest absolute Gasteiger partial charge is 0.394 e. The zero-order valence-corrected chi connectivity index (χ0v) is 12.9. The highest BCUT2D eigenvalue weighted by Crippen LogP contribution is 2.25. The van der Waals surface area contributed by atoms with Crippen molar-refractivity contribution in [1.82, 2.24) is 10.2 Å². The molecule has 1 heterocycles. The van der Waals surface area contributed by atoms with Gasteiger partial charge in [-0.1, -0.05) is 0 Å². The van der Waals surface area contributed by atoms with E-state index in [2.05, 4.69) is 37.9 Å². The fourth-order valence-electron chi connectivity index (χ4n) is 3.08. The van der Waals surface area contributed by atoms with Gasteiger partial charge in [-0.3, -0.25) is 4.90 Å². The van der Waals surface area contributed by atoms with E-state index >= 15 is 0 Å². The fraction of sp³-hybridized carbons (Fsp3) is 1.00. The molecule has 1 aliphatic carbocycles. The number of ether oxygens (including phenoxy) is 1. The Labute approximate surface area is 117 Å². The molecule has 112 valence electrons. The van der Waals surface area contributed by atoms with E-state index in [-0.39, 0.29) is 17.7 Å². The molecule has 0 aromatic heterocycles. The van der Waals surface area contributed by atoms with Gasteiger partial charge < -0.3 is 15.2 Å². The first-order valence-electron chi connectivity index (χ1n) is 7.61. The van der Waals surface area contributed by atoms with E-state index in [0.29, 0.717) is 12.1 Å². The summed E-state index contributed by atoms with van der Waals surface area (Å²) < 4.78 is 5.93. The number of hydrogen-bond acceptors (Lipinski definition) is 4. The lowest BCUT2D eigenvalue weighted by Gasteiger charge is -2.43. The number of morpholine rings is 1. The Hall–Kier alpha value is -0.160. The van der Waals surface area contributed by atoms with Gasteiger partial charge >= 0.3 is 0 Å². The molecule has 4 nitrogen and oxygen atoms in total. The Bertz CT molecular complexity index is 305. The van der Waals surface area contributed by atoms with Crippen molar-refractivity contribution in [3.63, 3.8) is 0 Å². The molecule has 2 aliphatic rings. The molecule has 2 rings (SSSR count). The predicted molar refractivity (Wildman–Crippen MR) is 77.3 cm³/mol. The summed E-state index contributed by atoms with van der Waals surface area (Å²) in [5.41, 5.74) is -0.190.